The van der Waals surface area contributed by atoms with Crippen LogP contribution in [0.3, 0.4) is 0 Å². The van der Waals surface area contributed by atoms with Gasteiger partial charge in [-0.1, -0.05) is 50.4 Å². The van der Waals surface area contributed by atoms with Crippen LogP contribution in [0.5, 0.6) is 5.75 Å². The molecular formula is C29H38N6O2S2Si. The number of thiophene rings is 1. The van der Waals surface area contributed by atoms with Crippen LogP contribution in [0.2, 0.25) is 17.6 Å². The molecule has 4 rings (SSSR count). The lowest BCUT2D eigenvalue weighted by atomic mass is 10.2. The monoisotopic (exact) mass is 594 g/mol. The first-order valence-electron chi connectivity index (χ1n) is 13.8. The van der Waals surface area contributed by atoms with E-state index in [0.29, 0.717) is 10.7 Å². The standard InChI is InChI=1S/C29H38N6O2S2Si/c1-7-35(8-2)24-15-11-22(12-16-24)32-34-29-30-28-26(38-29)19-27(39-28)33-31-23-13-17-25(18-14-23)36-20-37-40(9-3,10-4)21(5)6/h11-19,21H,7-10,20H2,1-6H3. The molecule has 0 spiro atoms. The molecule has 2 aromatic heterocycles. The summed E-state index contributed by atoms with van der Waals surface area (Å²) in [5, 5.41) is 18.9. The Morgan fingerprint density at radius 1 is 0.825 bits per heavy atom. The van der Waals surface area contributed by atoms with E-state index in [9.17, 15) is 0 Å². The van der Waals surface area contributed by atoms with Gasteiger partial charge in [-0.3, -0.25) is 0 Å². The molecule has 8 nitrogen and oxygen atoms in total. The molecule has 0 aliphatic carbocycles. The average molecular weight is 595 g/mol. The van der Waals surface area contributed by atoms with Crippen molar-refractivity contribution < 1.29 is 9.16 Å². The van der Waals surface area contributed by atoms with E-state index >= 15 is 0 Å². The van der Waals surface area contributed by atoms with Crippen molar-refractivity contribution in [2.75, 3.05) is 24.8 Å². The van der Waals surface area contributed by atoms with Crippen molar-refractivity contribution in [1.29, 1.82) is 0 Å². The molecule has 0 amide bonds. The second kappa shape index (κ2) is 14.1. The lowest BCUT2D eigenvalue weighted by Crippen LogP contribution is -2.41. The summed E-state index contributed by atoms with van der Waals surface area (Å²) in [7, 11) is -1.75. The SMILES string of the molecule is CCN(CC)c1ccc(N=Nc2nc3sc(N=Nc4ccc(OCO[Si](CC)(CC)C(C)C)cc4)cc3s2)cc1. The molecule has 0 radical (unpaired) electrons. The van der Waals surface area contributed by atoms with E-state index < -0.39 is 8.32 Å². The number of nitrogens with zero attached hydrogens (tertiary/aromatic N) is 6. The molecule has 0 fully saturated rings. The fourth-order valence-electron chi connectivity index (χ4n) is 4.59. The van der Waals surface area contributed by atoms with Gasteiger partial charge in [-0.15, -0.1) is 20.5 Å². The van der Waals surface area contributed by atoms with E-state index in [-0.39, 0.29) is 6.79 Å². The number of benzene rings is 2. The van der Waals surface area contributed by atoms with Crippen LogP contribution < -0.4 is 9.64 Å². The zero-order chi connectivity index (χ0) is 28.5. The zero-order valence-electron chi connectivity index (χ0n) is 24.1. The molecule has 0 saturated carbocycles. The first-order valence-corrected chi connectivity index (χ1v) is 17.9. The summed E-state index contributed by atoms with van der Waals surface area (Å²) >= 11 is 2.98. The number of ether oxygens (including phenoxy) is 1. The predicted octanol–water partition coefficient (Wildman–Crippen LogP) is 10.8. The summed E-state index contributed by atoms with van der Waals surface area (Å²) in [6.45, 7) is 15.5. The third kappa shape index (κ3) is 7.39. The second-order valence-electron chi connectivity index (χ2n) is 9.67. The third-order valence-corrected chi connectivity index (χ3v) is 14.3. The normalized spacial score (nSPS) is 12.4. The molecule has 0 aliphatic heterocycles. The lowest BCUT2D eigenvalue weighted by Gasteiger charge is -2.32. The lowest BCUT2D eigenvalue weighted by molar-refractivity contribution is 0.107. The Labute approximate surface area is 245 Å². The second-order valence-corrected chi connectivity index (χ2v) is 16.7. The Bertz CT molecular complexity index is 1380. The van der Waals surface area contributed by atoms with E-state index in [2.05, 4.69) is 84.0 Å². The number of azo groups is 2. The maximum atomic E-state index is 6.27. The molecule has 2 heterocycles. The van der Waals surface area contributed by atoms with Gasteiger partial charge in [0, 0.05) is 18.8 Å². The van der Waals surface area contributed by atoms with Gasteiger partial charge in [0.05, 0.1) is 16.1 Å². The Morgan fingerprint density at radius 3 is 2.02 bits per heavy atom. The highest BCUT2D eigenvalue weighted by atomic mass is 32.1. The van der Waals surface area contributed by atoms with Crippen molar-refractivity contribution in [3.63, 3.8) is 0 Å². The number of thiazole rings is 1. The number of hydrogen-bond acceptors (Lipinski definition) is 10. The molecule has 0 bridgehead atoms. The molecular weight excluding hydrogens is 557 g/mol. The summed E-state index contributed by atoms with van der Waals surface area (Å²) in [5.74, 6) is 0.764. The van der Waals surface area contributed by atoms with Gasteiger partial charge in [0.1, 0.15) is 15.6 Å². The zero-order valence-corrected chi connectivity index (χ0v) is 26.8. The molecule has 0 unspecified atom stereocenters. The Hall–Kier alpha value is -2.99. The van der Waals surface area contributed by atoms with E-state index in [0.717, 1.165) is 56.8 Å². The number of rotatable bonds is 14. The van der Waals surface area contributed by atoms with Crippen LogP contribution in [0.15, 0.2) is 75.1 Å². The Kier molecular flexibility index (Phi) is 10.5. The van der Waals surface area contributed by atoms with Crippen molar-refractivity contribution >= 4 is 67.7 Å². The summed E-state index contributed by atoms with van der Waals surface area (Å²) in [4.78, 5) is 7.78. The average Bonchev–Trinajstić information content (AvgIpc) is 3.54. The fourth-order valence-corrected chi connectivity index (χ4v) is 9.61. The molecule has 0 N–H and O–H groups in total. The fraction of sp³-hybridized carbons (Fsp3) is 0.414. The van der Waals surface area contributed by atoms with Crippen LogP contribution in [0.4, 0.5) is 27.2 Å². The van der Waals surface area contributed by atoms with Gasteiger partial charge in [0.25, 0.3) is 0 Å². The van der Waals surface area contributed by atoms with E-state index in [1.165, 1.54) is 28.4 Å². The minimum atomic E-state index is -1.75. The van der Waals surface area contributed by atoms with Crippen LogP contribution in [-0.2, 0) is 4.43 Å². The molecule has 0 saturated heterocycles. The summed E-state index contributed by atoms with van der Waals surface area (Å²) in [6, 6.07) is 19.9. The van der Waals surface area contributed by atoms with Crippen LogP contribution in [0, 0.1) is 0 Å². The first kappa shape index (κ1) is 30.0. The first-order chi connectivity index (χ1) is 19.4. The van der Waals surface area contributed by atoms with Gasteiger partial charge in [-0.05, 0) is 86.1 Å². The maximum Gasteiger partial charge on any atom is 0.231 e. The molecule has 40 heavy (non-hydrogen) atoms. The van der Waals surface area contributed by atoms with Gasteiger partial charge < -0.3 is 14.1 Å². The highest BCUT2D eigenvalue weighted by molar-refractivity contribution is 7.30. The number of fused-ring (bicyclic) bond motifs is 1. The van der Waals surface area contributed by atoms with E-state index in [1.807, 2.05) is 42.5 Å². The summed E-state index contributed by atoms with van der Waals surface area (Å²) in [6.07, 6.45) is 0. The largest absolute Gasteiger partial charge is 0.469 e. The van der Waals surface area contributed by atoms with Crippen molar-refractivity contribution in [2.45, 2.75) is 59.2 Å². The van der Waals surface area contributed by atoms with Gasteiger partial charge in [0.15, 0.2) is 15.1 Å². The topological polar surface area (TPSA) is 84.0 Å². The number of aromatic nitrogens is 1. The van der Waals surface area contributed by atoms with E-state index in [1.54, 1.807) is 0 Å². The smallest absolute Gasteiger partial charge is 0.231 e. The highest BCUT2D eigenvalue weighted by Gasteiger charge is 2.35. The molecule has 0 aliphatic rings. The Balaban J connectivity index is 1.32. The highest BCUT2D eigenvalue weighted by Crippen LogP contribution is 2.39. The summed E-state index contributed by atoms with van der Waals surface area (Å²) in [5.41, 5.74) is 3.31. The molecule has 4 aromatic rings. The van der Waals surface area contributed by atoms with Crippen molar-refractivity contribution in [3.05, 3.63) is 54.6 Å². The molecule has 0 atom stereocenters. The third-order valence-electron chi connectivity index (χ3n) is 7.22. The quantitative estimate of drug-likeness (QED) is 0.0825. The maximum absolute atomic E-state index is 6.27. The van der Waals surface area contributed by atoms with Crippen LogP contribution in [-0.4, -0.2) is 33.2 Å². The van der Waals surface area contributed by atoms with Crippen molar-refractivity contribution in [1.82, 2.24) is 4.98 Å². The molecule has 11 heteroatoms. The minimum Gasteiger partial charge on any atom is -0.469 e. The Morgan fingerprint density at radius 2 is 1.45 bits per heavy atom. The summed E-state index contributed by atoms with van der Waals surface area (Å²) < 4.78 is 13.2. The van der Waals surface area contributed by atoms with E-state index in [4.69, 9.17) is 9.16 Å². The van der Waals surface area contributed by atoms with Crippen molar-refractivity contribution in [3.8, 4) is 5.75 Å². The minimum absolute atomic E-state index is 0.288. The predicted molar refractivity (Wildman–Crippen MR) is 171 cm³/mol. The van der Waals surface area contributed by atoms with Gasteiger partial charge in [-0.25, -0.2) is 4.98 Å². The van der Waals surface area contributed by atoms with Crippen LogP contribution >= 0.6 is 22.7 Å². The van der Waals surface area contributed by atoms with Crippen molar-refractivity contribution in [2.24, 2.45) is 20.5 Å². The molecule has 212 valence electrons. The van der Waals surface area contributed by atoms with Crippen LogP contribution in [0.1, 0.15) is 41.5 Å². The number of anilines is 1. The van der Waals surface area contributed by atoms with Gasteiger partial charge in [-0.2, -0.15) is 0 Å². The number of hydrogen-bond donors (Lipinski definition) is 0. The molecule has 2 aromatic carbocycles. The van der Waals surface area contributed by atoms with Gasteiger partial charge >= 0.3 is 0 Å². The van der Waals surface area contributed by atoms with Crippen LogP contribution in [0.25, 0.3) is 9.53 Å². The van der Waals surface area contributed by atoms with Gasteiger partial charge in [0.2, 0.25) is 5.13 Å².